The fraction of sp³-hybridized carbons (Fsp3) is 0.125. The Morgan fingerprint density at radius 3 is 2.83 bits per heavy atom. The van der Waals surface area contributed by atoms with Gasteiger partial charge in [-0.05, 0) is 17.7 Å². The summed E-state index contributed by atoms with van der Waals surface area (Å²) in [7, 11) is 0. The number of nitrogens with zero attached hydrogens (tertiary/aromatic N) is 1. The van der Waals surface area contributed by atoms with Crippen molar-refractivity contribution >= 4 is 0 Å². The van der Waals surface area contributed by atoms with E-state index in [0.29, 0.717) is 5.56 Å². The van der Waals surface area contributed by atoms with Crippen LogP contribution in [0.25, 0.3) is 0 Å². The lowest BCUT2D eigenvalue weighted by atomic mass is 9.87. The highest BCUT2D eigenvalue weighted by molar-refractivity contribution is 5.51. The summed E-state index contributed by atoms with van der Waals surface area (Å²) in [6, 6.07) is 8.50. The van der Waals surface area contributed by atoms with Crippen molar-refractivity contribution in [3.8, 4) is 11.8 Å². The van der Waals surface area contributed by atoms with E-state index in [1.165, 1.54) is 18.2 Å². The van der Waals surface area contributed by atoms with E-state index in [1.54, 1.807) is 6.07 Å². The fourth-order valence-corrected chi connectivity index (χ4v) is 2.48. The molecule has 0 spiro atoms. The largest absolute Gasteiger partial charge is 0.458 e. The first-order chi connectivity index (χ1) is 11.0. The molecular formula is C16H11FN2O4. The zero-order valence-electron chi connectivity index (χ0n) is 11.7. The third-order valence-corrected chi connectivity index (χ3v) is 3.47. The third kappa shape index (κ3) is 2.45. The molecule has 6 nitrogen and oxygen atoms in total. The molecule has 1 aromatic heterocycles. The van der Waals surface area contributed by atoms with Gasteiger partial charge >= 0.3 is 0 Å². The summed E-state index contributed by atoms with van der Waals surface area (Å²) in [6.07, 6.45) is 0. The van der Waals surface area contributed by atoms with Gasteiger partial charge in [0.15, 0.2) is 5.76 Å². The first kappa shape index (κ1) is 14.8. The first-order valence-electron chi connectivity index (χ1n) is 6.66. The summed E-state index contributed by atoms with van der Waals surface area (Å²) in [5.41, 5.74) is 5.56. The summed E-state index contributed by atoms with van der Waals surface area (Å²) in [5.74, 6) is -1.79. The number of hydrogen-bond donors (Lipinski definition) is 2. The minimum absolute atomic E-state index is 0.00124. The van der Waals surface area contributed by atoms with Crippen LogP contribution in [-0.4, -0.2) is 5.11 Å². The molecule has 0 saturated carbocycles. The van der Waals surface area contributed by atoms with E-state index in [-0.39, 0.29) is 28.7 Å². The maximum Gasteiger partial charge on any atom is 0.228 e. The quantitative estimate of drug-likeness (QED) is 0.869. The first-order valence-corrected chi connectivity index (χ1v) is 6.66. The Bertz CT molecular complexity index is 911. The molecule has 0 amide bonds. The lowest BCUT2D eigenvalue weighted by Crippen LogP contribution is -2.25. The minimum atomic E-state index is -0.890. The van der Waals surface area contributed by atoms with E-state index in [2.05, 4.69) is 0 Å². The number of nitriles is 1. The van der Waals surface area contributed by atoms with Gasteiger partial charge in [-0.1, -0.05) is 12.1 Å². The molecule has 2 heterocycles. The Balaban J connectivity index is 2.31. The average molecular weight is 314 g/mol. The van der Waals surface area contributed by atoms with Gasteiger partial charge in [-0.2, -0.15) is 5.26 Å². The molecule has 3 rings (SSSR count). The number of benzene rings is 1. The van der Waals surface area contributed by atoms with Gasteiger partial charge in [0.2, 0.25) is 17.1 Å². The molecule has 116 valence electrons. The lowest BCUT2D eigenvalue weighted by molar-refractivity contribution is 0.231. The average Bonchev–Trinajstić information content (AvgIpc) is 2.54. The van der Waals surface area contributed by atoms with E-state index < -0.39 is 23.8 Å². The van der Waals surface area contributed by atoms with Gasteiger partial charge in [0.1, 0.15) is 29.8 Å². The van der Waals surface area contributed by atoms with E-state index in [1.807, 2.05) is 6.07 Å². The Morgan fingerprint density at radius 1 is 1.39 bits per heavy atom. The second-order valence-corrected chi connectivity index (χ2v) is 4.91. The summed E-state index contributed by atoms with van der Waals surface area (Å²) in [5, 5.41) is 18.6. The molecule has 0 bridgehead atoms. The van der Waals surface area contributed by atoms with Crippen LogP contribution in [0.5, 0.6) is 5.75 Å². The number of aliphatic hydroxyl groups is 1. The van der Waals surface area contributed by atoms with Crippen molar-refractivity contribution in [2.24, 2.45) is 5.73 Å². The molecule has 1 aromatic carbocycles. The normalized spacial score (nSPS) is 16.5. The van der Waals surface area contributed by atoms with Crippen LogP contribution in [0.3, 0.4) is 0 Å². The van der Waals surface area contributed by atoms with E-state index in [9.17, 15) is 19.6 Å². The van der Waals surface area contributed by atoms with Crippen LogP contribution in [-0.2, 0) is 6.61 Å². The van der Waals surface area contributed by atoms with Crippen LogP contribution in [0.15, 0.2) is 51.0 Å². The van der Waals surface area contributed by atoms with Crippen molar-refractivity contribution in [2.45, 2.75) is 12.5 Å². The predicted molar refractivity (Wildman–Crippen MR) is 76.6 cm³/mol. The van der Waals surface area contributed by atoms with Crippen LogP contribution in [0, 0.1) is 17.1 Å². The summed E-state index contributed by atoms with van der Waals surface area (Å²) >= 11 is 0. The molecule has 1 aliphatic heterocycles. The van der Waals surface area contributed by atoms with Crippen molar-refractivity contribution in [2.75, 3.05) is 0 Å². The van der Waals surface area contributed by atoms with Crippen LogP contribution in [0.1, 0.15) is 23.0 Å². The van der Waals surface area contributed by atoms with E-state index in [0.717, 1.165) is 6.07 Å². The molecule has 0 fully saturated rings. The van der Waals surface area contributed by atoms with Crippen molar-refractivity contribution in [3.63, 3.8) is 0 Å². The second-order valence-electron chi connectivity index (χ2n) is 4.91. The van der Waals surface area contributed by atoms with E-state index in [4.69, 9.17) is 14.9 Å². The molecule has 0 radical (unpaired) electrons. The van der Waals surface area contributed by atoms with Crippen LogP contribution >= 0.6 is 0 Å². The Labute approximate surface area is 129 Å². The van der Waals surface area contributed by atoms with Gasteiger partial charge < -0.3 is 20.0 Å². The molecule has 7 heteroatoms. The summed E-state index contributed by atoms with van der Waals surface area (Å²) in [4.78, 5) is 12.1. The monoisotopic (exact) mass is 314 g/mol. The van der Waals surface area contributed by atoms with E-state index >= 15 is 0 Å². The molecule has 0 aliphatic carbocycles. The van der Waals surface area contributed by atoms with Gasteiger partial charge in [0.05, 0.1) is 5.92 Å². The summed E-state index contributed by atoms with van der Waals surface area (Å²) < 4.78 is 24.2. The standard InChI is InChI=1S/C16H11FN2O4/c17-9-3-1-2-8(4-9)13-11(6-18)16(19)23-14-12(21)5-10(7-20)22-15(13)14/h1-5,13,20H,7,19H2/t13-/m1/s1. The highest BCUT2D eigenvalue weighted by Crippen LogP contribution is 2.40. The predicted octanol–water partition coefficient (Wildman–Crippen LogP) is 1.49. The number of aliphatic hydroxyl groups excluding tert-OH is 1. The number of allylic oxidation sites excluding steroid dienone is 1. The highest BCUT2D eigenvalue weighted by Gasteiger charge is 2.35. The van der Waals surface area contributed by atoms with Crippen molar-refractivity contribution in [1.29, 1.82) is 5.26 Å². The van der Waals surface area contributed by atoms with Crippen LogP contribution < -0.4 is 15.9 Å². The van der Waals surface area contributed by atoms with Gasteiger partial charge in [0, 0.05) is 6.07 Å². The Hall–Kier alpha value is -3.11. The second kappa shape index (κ2) is 5.59. The number of halogens is 1. The number of hydrogen-bond acceptors (Lipinski definition) is 6. The van der Waals surface area contributed by atoms with Gasteiger partial charge in [-0.3, -0.25) is 4.79 Å². The van der Waals surface area contributed by atoms with Crippen molar-refractivity contribution in [3.05, 3.63) is 74.9 Å². The molecule has 2 aromatic rings. The maximum absolute atomic E-state index is 13.6. The fourth-order valence-electron chi connectivity index (χ4n) is 2.48. The van der Waals surface area contributed by atoms with Crippen LogP contribution in [0.2, 0.25) is 0 Å². The highest BCUT2D eigenvalue weighted by atomic mass is 19.1. The molecule has 1 atom stereocenters. The maximum atomic E-state index is 13.6. The zero-order valence-corrected chi connectivity index (χ0v) is 11.7. The number of ether oxygens (including phenoxy) is 1. The minimum Gasteiger partial charge on any atom is -0.458 e. The smallest absolute Gasteiger partial charge is 0.228 e. The molecule has 1 aliphatic rings. The SMILES string of the molecule is N#CC1=C(N)Oc2c(oc(CO)cc2=O)[C@@H]1c1cccc(F)c1. The molecular weight excluding hydrogens is 303 g/mol. The number of rotatable bonds is 2. The zero-order chi connectivity index (χ0) is 16.6. The number of fused-ring (bicyclic) bond motifs is 1. The lowest BCUT2D eigenvalue weighted by Gasteiger charge is -2.24. The van der Waals surface area contributed by atoms with Crippen LogP contribution in [0.4, 0.5) is 4.39 Å². The van der Waals surface area contributed by atoms with Crippen molar-refractivity contribution in [1.82, 2.24) is 0 Å². The van der Waals surface area contributed by atoms with Gasteiger partial charge in [0.25, 0.3) is 0 Å². The Morgan fingerprint density at radius 2 is 2.17 bits per heavy atom. The van der Waals surface area contributed by atoms with Gasteiger partial charge in [-0.25, -0.2) is 4.39 Å². The third-order valence-electron chi connectivity index (χ3n) is 3.47. The molecule has 23 heavy (non-hydrogen) atoms. The van der Waals surface area contributed by atoms with Gasteiger partial charge in [-0.15, -0.1) is 0 Å². The molecule has 3 N–H and O–H groups in total. The molecule has 0 unspecified atom stereocenters. The molecule has 0 saturated heterocycles. The topological polar surface area (TPSA) is 109 Å². The summed E-state index contributed by atoms with van der Waals surface area (Å²) in [6.45, 7) is -0.501. The number of nitrogens with two attached hydrogens (primary N) is 1. The van der Waals surface area contributed by atoms with Crippen molar-refractivity contribution < 1.29 is 18.7 Å². The Kier molecular flexibility index (Phi) is 3.60.